The van der Waals surface area contributed by atoms with Gasteiger partial charge in [-0.25, -0.2) is 0 Å². The van der Waals surface area contributed by atoms with E-state index in [2.05, 4.69) is 12.2 Å². The molecule has 19 heavy (non-hydrogen) atoms. The van der Waals surface area contributed by atoms with Gasteiger partial charge in [0.1, 0.15) is 0 Å². The van der Waals surface area contributed by atoms with E-state index in [1.54, 1.807) is 0 Å². The second-order valence-electron chi connectivity index (χ2n) is 5.44. The molecule has 0 radical (unpaired) electrons. The van der Waals surface area contributed by atoms with E-state index in [1.165, 1.54) is 0 Å². The molecule has 0 aromatic heterocycles. The average molecular weight is 270 g/mol. The van der Waals surface area contributed by atoms with Gasteiger partial charge >= 0.3 is 5.97 Å². The van der Waals surface area contributed by atoms with E-state index in [0.717, 1.165) is 32.1 Å². The van der Waals surface area contributed by atoms with Crippen LogP contribution in [0, 0.1) is 11.8 Å². The lowest BCUT2D eigenvalue weighted by atomic mass is 9.96. The standard InChI is InChI=1S/C14H26N2O3/c1-2-10(8-9-15)6-7-13(17)16-12-5-3-4-11(12)14(18)19/h10-12H,2-9,15H2,1H3,(H,16,17)(H,18,19). The van der Waals surface area contributed by atoms with E-state index in [1.807, 2.05) is 0 Å². The molecule has 5 heteroatoms. The molecule has 3 atom stereocenters. The van der Waals surface area contributed by atoms with Crippen molar-refractivity contribution in [3.63, 3.8) is 0 Å². The Morgan fingerprint density at radius 1 is 1.37 bits per heavy atom. The minimum absolute atomic E-state index is 0.0198. The van der Waals surface area contributed by atoms with Gasteiger partial charge < -0.3 is 16.2 Å². The van der Waals surface area contributed by atoms with Crippen molar-refractivity contribution in [3.05, 3.63) is 0 Å². The predicted molar refractivity (Wildman–Crippen MR) is 73.6 cm³/mol. The van der Waals surface area contributed by atoms with Gasteiger partial charge in [0.15, 0.2) is 0 Å². The highest BCUT2D eigenvalue weighted by molar-refractivity contribution is 5.78. The Labute approximate surface area is 114 Å². The van der Waals surface area contributed by atoms with Crippen LogP contribution in [0.1, 0.15) is 51.9 Å². The van der Waals surface area contributed by atoms with Crippen molar-refractivity contribution in [2.45, 2.75) is 57.9 Å². The average Bonchev–Trinajstić information content (AvgIpc) is 2.82. The van der Waals surface area contributed by atoms with Crippen molar-refractivity contribution in [2.24, 2.45) is 17.6 Å². The molecule has 1 aliphatic carbocycles. The number of rotatable bonds is 8. The number of hydrogen-bond donors (Lipinski definition) is 3. The zero-order valence-corrected chi connectivity index (χ0v) is 11.7. The Morgan fingerprint density at radius 2 is 2.11 bits per heavy atom. The van der Waals surface area contributed by atoms with Gasteiger partial charge in [-0.05, 0) is 38.1 Å². The minimum atomic E-state index is -0.794. The number of carboxylic acid groups (broad SMARTS) is 1. The highest BCUT2D eigenvalue weighted by Crippen LogP contribution is 2.26. The van der Waals surface area contributed by atoms with Gasteiger partial charge in [-0.15, -0.1) is 0 Å². The summed E-state index contributed by atoms with van der Waals surface area (Å²) >= 11 is 0. The molecule has 4 N–H and O–H groups in total. The fourth-order valence-electron chi connectivity index (χ4n) is 2.83. The van der Waals surface area contributed by atoms with Crippen LogP contribution in [0.2, 0.25) is 0 Å². The summed E-state index contributed by atoms with van der Waals surface area (Å²) in [7, 11) is 0. The van der Waals surface area contributed by atoms with Crippen LogP contribution >= 0.6 is 0 Å². The Kier molecular flexibility index (Phi) is 6.84. The topological polar surface area (TPSA) is 92.4 Å². The monoisotopic (exact) mass is 270 g/mol. The third-order valence-corrected chi connectivity index (χ3v) is 4.11. The normalized spacial score (nSPS) is 24.1. The van der Waals surface area contributed by atoms with Crippen molar-refractivity contribution in [3.8, 4) is 0 Å². The maximum absolute atomic E-state index is 11.9. The number of nitrogens with two attached hydrogens (primary N) is 1. The predicted octanol–water partition coefficient (Wildman–Crippen LogP) is 1.51. The van der Waals surface area contributed by atoms with Crippen molar-refractivity contribution < 1.29 is 14.7 Å². The van der Waals surface area contributed by atoms with Gasteiger partial charge in [-0.3, -0.25) is 9.59 Å². The minimum Gasteiger partial charge on any atom is -0.481 e. The maximum Gasteiger partial charge on any atom is 0.308 e. The van der Waals surface area contributed by atoms with Crippen LogP contribution in [0.3, 0.4) is 0 Å². The molecular formula is C14H26N2O3. The summed E-state index contributed by atoms with van der Waals surface area (Å²) in [5.74, 6) is -0.726. The smallest absolute Gasteiger partial charge is 0.308 e. The molecule has 3 unspecified atom stereocenters. The highest BCUT2D eigenvalue weighted by Gasteiger charge is 2.33. The molecule has 1 saturated carbocycles. The molecule has 0 spiro atoms. The molecule has 0 heterocycles. The van der Waals surface area contributed by atoms with Crippen LogP contribution in [0.25, 0.3) is 0 Å². The van der Waals surface area contributed by atoms with Crippen LogP contribution in [0.15, 0.2) is 0 Å². The molecule has 1 fully saturated rings. The lowest BCUT2D eigenvalue weighted by Crippen LogP contribution is -2.40. The van der Waals surface area contributed by atoms with Crippen LogP contribution in [0.4, 0.5) is 0 Å². The molecule has 0 aliphatic heterocycles. The van der Waals surface area contributed by atoms with Crippen molar-refractivity contribution >= 4 is 11.9 Å². The van der Waals surface area contributed by atoms with Crippen LogP contribution in [0.5, 0.6) is 0 Å². The van der Waals surface area contributed by atoms with E-state index < -0.39 is 11.9 Å². The molecule has 1 aliphatic rings. The highest BCUT2D eigenvalue weighted by atomic mass is 16.4. The SMILES string of the molecule is CCC(CCN)CCC(=O)NC1CCCC1C(=O)O. The molecule has 1 amide bonds. The Morgan fingerprint density at radius 3 is 2.68 bits per heavy atom. The van der Waals surface area contributed by atoms with Crippen molar-refractivity contribution in [1.82, 2.24) is 5.32 Å². The number of hydrogen-bond acceptors (Lipinski definition) is 3. The zero-order chi connectivity index (χ0) is 14.3. The number of nitrogens with one attached hydrogen (secondary N) is 1. The lowest BCUT2D eigenvalue weighted by molar-refractivity contribution is -0.142. The molecule has 0 aromatic rings. The molecule has 1 rings (SSSR count). The number of amides is 1. The lowest BCUT2D eigenvalue weighted by Gasteiger charge is -2.19. The number of carbonyl (C=O) groups is 2. The van der Waals surface area contributed by atoms with Crippen LogP contribution in [-0.2, 0) is 9.59 Å². The van der Waals surface area contributed by atoms with E-state index in [0.29, 0.717) is 25.3 Å². The summed E-state index contributed by atoms with van der Waals surface area (Å²) in [4.78, 5) is 22.9. The first-order chi connectivity index (χ1) is 9.08. The molecule has 0 saturated heterocycles. The van der Waals surface area contributed by atoms with E-state index in [-0.39, 0.29) is 11.9 Å². The summed E-state index contributed by atoms with van der Waals surface area (Å²) in [6.07, 6.45) is 5.63. The first-order valence-corrected chi connectivity index (χ1v) is 7.30. The second-order valence-corrected chi connectivity index (χ2v) is 5.44. The van der Waals surface area contributed by atoms with Crippen molar-refractivity contribution in [2.75, 3.05) is 6.54 Å². The van der Waals surface area contributed by atoms with Gasteiger partial charge in [-0.2, -0.15) is 0 Å². The summed E-state index contributed by atoms with van der Waals surface area (Å²) in [6, 6.07) is -0.181. The summed E-state index contributed by atoms with van der Waals surface area (Å²) in [6.45, 7) is 2.76. The Hall–Kier alpha value is -1.10. The Balaban J connectivity index is 2.32. The van der Waals surface area contributed by atoms with Gasteiger partial charge in [0, 0.05) is 12.5 Å². The largest absolute Gasteiger partial charge is 0.481 e. The quantitative estimate of drug-likeness (QED) is 0.623. The molecule has 0 aromatic carbocycles. The summed E-state index contributed by atoms with van der Waals surface area (Å²) in [5.41, 5.74) is 5.53. The molecular weight excluding hydrogens is 244 g/mol. The van der Waals surface area contributed by atoms with E-state index in [4.69, 9.17) is 10.8 Å². The number of carbonyl (C=O) groups excluding carboxylic acids is 1. The van der Waals surface area contributed by atoms with Gasteiger partial charge in [0.05, 0.1) is 5.92 Å². The molecule has 110 valence electrons. The first-order valence-electron chi connectivity index (χ1n) is 7.30. The van der Waals surface area contributed by atoms with E-state index >= 15 is 0 Å². The second kappa shape index (κ2) is 8.15. The third-order valence-electron chi connectivity index (χ3n) is 4.11. The summed E-state index contributed by atoms with van der Waals surface area (Å²) in [5, 5.41) is 11.9. The number of carboxylic acids is 1. The van der Waals surface area contributed by atoms with Gasteiger partial charge in [-0.1, -0.05) is 19.8 Å². The number of aliphatic carboxylic acids is 1. The van der Waals surface area contributed by atoms with Crippen LogP contribution in [-0.4, -0.2) is 29.6 Å². The third kappa shape index (κ3) is 5.19. The Bertz CT molecular complexity index is 307. The molecule has 5 nitrogen and oxygen atoms in total. The first kappa shape index (κ1) is 16.0. The van der Waals surface area contributed by atoms with Crippen molar-refractivity contribution in [1.29, 1.82) is 0 Å². The molecule has 0 bridgehead atoms. The van der Waals surface area contributed by atoms with E-state index in [9.17, 15) is 9.59 Å². The van der Waals surface area contributed by atoms with Crippen LogP contribution < -0.4 is 11.1 Å². The zero-order valence-electron chi connectivity index (χ0n) is 11.7. The summed E-state index contributed by atoms with van der Waals surface area (Å²) < 4.78 is 0. The van der Waals surface area contributed by atoms with Gasteiger partial charge in [0.2, 0.25) is 5.91 Å². The maximum atomic E-state index is 11.9. The fourth-order valence-corrected chi connectivity index (χ4v) is 2.83. The van der Waals surface area contributed by atoms with Gasteiger partial charge in [0.25, 0.3) is 0 Å². The fraction of sp³-hybridized carbons (Fsp3) is 0.857.